The van der Waals surface area contributed by atoms with E-state index in [0.717, 1.165) is 70.5 Å². The van der Waals surface area contributed by atoms with Crippen LogP contribution in [0.2, 0.25) is 0 Å². The van der Waals surface area contributed by atoms with E-state index in [1.807, 2.05) is 12.1 Å². The molecule has 10 nitrogen and oxygen atoms in total. The van der Waals surface area contributed by atoms with Crippen molar-refractivity contribution in [2.24, 2.45) is 56.7 Å². The molecule has 9 atom stereocenters. The Morgan fingerprint density at radius 2 is 1.62 bits per heavy atom. The lowest BCUT2D eigenvalue weighted by Gasteiger charge is -2.72. The zero-order valence-electron chi connectivity index (χ0n) is 36.3. The van der Waals surface area contributed by atoms with E-state index in [1.165, 1.54) is 43.9 Å². The highest BCUT2D eigenvalue weighted by atomic mass is 16.5. The summed E-state index contributed by atoms with van der Waals surface area (Å²) in [6.45, 7) is 23.3. The second kappa shape index (κ2) is 16.8. The molecule has 58 heavy (non-hydrogen) atoms. The van der Waals surface area contributed by atoms with Gasteiger partial charge in [0, 0.05) is 32.7 Å². The molecule has 320 valence electrons. The molecular formula is C48H71N3O7. The van der Waals surface area contributed by atoms with Crippen LogP contribution >= 0.6 is 0 Å². The predicted molar refractivity (Wildman–Crippen MR) is 226 cm³/mol. The Labute approximate surface area is 347 Å². The highest BCUT2D eigenvalue weighted by Gasteiger charge is 2.71. The Morgan fingerprint density at radius 1 is 0.914 bits per heavy atom. The molecule has 0 unspecified atom stereocenters. The minimum absolute atomic E-state index is 0.0337. The average molecular weight is 802 g/mol. The smallest absolute Gasteiger partial charge is 0.337 e. The maximum Gasteiger partial charge on any atom is 0.337 e. The first kappa shape index (κ1) is 43.1. The summed E-state index contributed by atoms with van der Waals surface area (Å²) in [5.41, 5.74) is 3.65. The number of nitrogens with zero attached hydrogens (tertiary/aromatic N) is 1. The van der Waals surface area contributed by atoms with Gasteiger partial charge >= 0.3 is 11.9 Å². The summed E-state index contributed by atoms with van der Waals surface area (Å²) in [5.74, 6) is 0.984. The Kier molecular flexibility index (Phi) is 12.5. The van der Waals surface area contributed by atoms with Gasteiger partial charge < -0.3 is 30.0 Å². The maximum absolute atomic E-state index is 14.9. The second-order valence-corrected chi connectivity index (χ2v) is 20.1. The van der Waals surface area contributed by atoms with Gasteiger partial charge in [-0.2, -0.15) is 0 Å². The van der Waals surface area contributed by atoms with Crippen molar-refractivity contribution in [2.45, 2.75) is 92.4 Å². The molecular weight excluding hydrogens is 731 g/mol. The van der Waals surface area contributed by atoms with Gasteiger partial charge in [0.15, 0.2) is 0 Å². The van der Waals surface area contributed by atoms with Gasteiger partial charge in [0.25, 0.3) is 0 Å². The number of ether oxygens (including phenoxy) is 3. The van der Waals surface area contributed by atoms with Crippen LogP contribution in [0, 0.1) is 56.7 Å². The molecule has 1 aliphatic heterocycles. The molecule has 7 rings (SSSR count). The normalized spacial score (nSPS) is 36.7. The maximum atomic E-state index is 14.9. The number of hydrogen-bond acceptors (Lipinski definition) is 8. The number of carboxylic acids is 1. The monoisotopic (exact) mass is 802 g/mol. The number of fused-ring (bicyclic) bond motifs is 7. The van der Waals surface area contributed by atoms with Crippen LogP contribution in [-0.2, 0) is 23.8 Å². The minimum atomic E-state index is -0.905. The van der Waals surface area contributed by atoms with E-state index in [1.54, 1.807) is 0 Å². The van der Waals surface area contributed by atoms with Crippen molar-refractivity contribution in [2.75, 3.05) is 72.8 Å². The Balaban J connectivity index is 1.15. The zero-order chi connectivity index (χ0) is 41.5. The summed E-state index contributed by atoms with van der Waals surface area (Å²) in [7, 11) is 1.43. The molecule has 4 saturated carbocycles. The molecule has 3 N–H and O–H groups in total. The van der Waals surface area contributed by atoms with E-state index in [9.17, 15) is 14.4 Å². The number of carboxylic acid groups (broad SMARTS) is 1. The Bertz CT molecular complexity index is 1740. The lowest BCUT2D eigenvalue weighted by Crippen LogP contribution is -2.65. The third-order valence-corrected chi connectivity index (χ3v) is 17.4. The molecule has 1 aromatic rings. The van der Waals surface area contributed by atoms with Gasteiger partial charge in [-0.3, -0.25) is 14.5 Å². The van der Waals surface area contributed by atoms with Crippen LogP contribution in [0.4, 0.5) is 0 Å². The third kappa shape index (κ3) is 7.30. The SMILES string of the molecule is C=C(COCCN1CCOCC1)[C@@]1(C(=O)NCCNCC(=O)O)CC[C@@H]2CC[C@]3(C)[C@H](CC[C@@H]4[C@@]5(C)CC=C(c6ccc(C(=O)OC)cc6)C(C)(C)[C@@H]5CC[C@]43C)[C@H]21. The van der Waals surface area contributed by atoms with Crippen molar-refractivity contribution in [3.63, 3.8) is 0 Å². The number of morpholine rings is 1. The minimum Gasteiger partial charge on any atom is -0.480 e. The summed E-state index contributed by atoms with van der Waals surface area (Å²) in [6, 6.07) is 7.99. The van der Waals surface area contributed by atoms with Crippen LogP contribution in [0.25, 0.3) is 5.57 Å². The van der Waals surface area contributed by atoms with E-state index in [4.69, 9.17) is 25.9 Å². The van der Waals surface area contributed by atoms with Crippen molar-refractivity contribution in [3.05, 3.63) is 53.6 Å². The quantitative estimate of drug-likeness (QED) is 0.101. The number of nitrogens with one attached hydrogen (secondary N) is 2. The molecule has 1 saturated heterocycles. The van der Waals surface area contributed by atoms with Gasteiger partial charge in [-0.15, -0.1) is 0 Å². The zero-order valence-corrected chi connectivity index (χ0v) is 36.3. The van der Waals surface area contributed by atoms with E-state index in [-0.39, 0.29) is 46.0 Å². The summed E-state index contributed by atoms with van der Waals surface area (Å²) in [5, 5.41) is 15.4. The first-order chi connectivity index (χ1) is 27.6. The number of esters is 1. The van der Waals surface area contributed by atoms with Gasteiger partial charge in [0.1, 0.15) is 0 Å². The summed E-state index contributed by atoms with van der Waals surface area (Å²) < 4.78 is 16.9. The molecule has 0 radical (unpaired) electrons. The second-order valence-electron chi connectivity index (χ2n) is 20.1. The Hall–Kier alpha value is -3.05. The highest BCUT2D eigenvalue weighted by Crippen LogP contribution is 2.77. The van der Waals surface area contributed by atoms with E-state index < -0.39 is 11.4 Å². The predicted octanol–water partition coefficient (Wildman–Crippen LogP) is 7.24. The van der Waals surface area contributed by atoms with Gasteiger partial charge in [-0.05, 0) is 138 Å². The lowest BCUT2D eigenvalue weighted by molar-refractivity contribution is -0.220. The fraction of sp³-hybridized carbons (Fsp3) is 0.729. The molecule has 5 fully saturated rings. The lowest BCUT2D eigenvalue weighted by atomic mass is 9.33. The summed E-state index contributed by atoms with van der Waals surface area (Å²) in [6.07, 6.45) is 12.4. The molecule has 0 spiro atoms. The van der Waals surface area contributed by atoms with Crippen molar-refractivity contribution in [1.82, 2.24) is 15.5 Å². The summed E-state index contributed by atoms with van der Waals surface area (Å²) >= 11 is 0. The molecule has 6 aliphatic rings. The van der Waals surface area contributed by atoms with E-state index in [2.05, 4.69) is 68.4 Å². The fourth-order valence-corrected chi connectivity index (χ4v) is 14.5. The van der Waals surface area contributed by atoms with Crippen molar-refractivity contribution in [1.29, 1.82) is 0 Å². The molecule has 0 bridgehead atoms. The van der Waals surface area contributed by atoms with E-state index >= 15 is 0 Å². The summed E-state index contributed by atoms with van der Waals surface area (Å²) in [4.78, 5) is 40.6. The number of amides is 1. The standard InChI is InChI=1S/C48H71N3O7/c1-32(31-58-29-26-51-24-27-57-28-25-51)48(43(55)50-23-22-49-30-40(52)53)21-15-34-14-19-46(5)37(41(34)48)12-13-39-45(4)18-16-36(33-8-10-35(11-9-33)42(54)56-7)44(2,3)38(45)17-20-47(39,46)6/h8-11,16,34,37-39,41,49H,1,12-15,17-31H2,2-7H3,(H,50,55)(H,52,53)/t34-,37+,38-,39+,41-,45-,46+,47+,48-/m0/s1. The van der Waals surface area contributed by atoms with E-state index in [0.29, 0.717) is 55.5 Å². The van der Waals surface area contributed by atoms with Gasteiger partial charge in [0.05, 0.1) is 51.1 Å². The van der Waals surface area contributed by atoms with Crippen LogP contribution < -0.4 is 10.6 Å². The fourth-order valence-electron chi connectivity index (χ4n) is 14.5. The molecule has 5 aliphatic carbocycles. The number of methoxy groups -OCH3 is 1. The van der Waals surface area contributed by atoms with Gasteiger partial charge in [-0.1, -0.05) is 59.4 Å². The largest absolute Gasteiger partial charge is 0.480 e. The number of allylic oxidation sites excluding steroid dienone is 2. The van der Waals surface area contributed by atoms with Crippen LogP contribution in [0.15, 0.2) is 42.5 Å². The van der Waals surface area contributed by atoms with Crippen LogP contribution in [0.1, 0.15) is 108 Å². The van der Waals surface area contributed by atoms with Gasteiger partial charge in [-0.25, -0.2) is 4.79 Å². The third-order valence-electron chi connectivity index (χ3n) is 17.4. The van der Waals surface area contributed by atoms with Crippen LogP contribution in [0.5, 0.6) is 0 Å². The topological polar surface area (TPSA) is 126 Å². The molecule has 0 aromatic heterocycles. The Morgan fingerprint density at radius 3 is 2.33 bits per heavy atom. The number of aliphatic carboxylic acids is 1. The first-order valence-electron chi connectivity index (χ1n) is 22.3. The molecule has 10 heteroatoms. The average Bonchev–Trinajstić information content (AvgIpc) is 3.60. The molecule has 1 amide bonds. The number of rotatable bonds is 14. The van der Waals surface area contributed by atoms with Crippen molar-refractivity contribution >= 4 is 23.4 Å². The molecule has 1 aromatic carbocycles. The number of carbonyl (C=O) groups is 3. The van der Waals surface area contributed by atoms with Crippen LogP contribution in [-0.4, -0.2) is 101 Å². The van der Waals surface area contributed by atoms with Crippen molar-refractivity contribution in [3.8, 4) is 0 Å². The number of hydrogen-bond donors (Lipinski definition) is 3. The highest BCUT2D eigenvalue weighted by molar-refractivity contribution is 5.90. The number of benzene rings is 1. The van der Waals surface area contributed by atoms with Crippen LogP contribution in [0.3, 0.4) is 0 Å². The van der Waals surface area contributed by atoms with Crippen molar-refractivity contribution < 1.29 is 33.7 Å². The molecule has 1 heterocycles. The van der Waals surface area contributed by atoms with Gasteiger partial charge in [0.2, 0.25) is 5.91 Å². The number of carbonyl (C=O) groups excluding carboxylic acids is 2. The first-order valence-corrected chi connectivity index (χ1v) is 22.3.